The van der Waals surface area contributed by atoms with E-state index in [1.165, 1.54) is 9.91 Å². The van der Waals surface area contributed by atoms with Crippen molar-refractivity contribution in [2.75, 3.05) is 34.4 Å². The van der Waals surface area contributed by atoms with Gasteiger partial charge in [-0.15, -0.1) is 0 Å². The molecule has 1 saturated carbocycles. The number of esters is 1. The minimum Gasteiger partial charge on any atom is -0.497 e. The van der Waals surface area contributed by atoms with E-state index >= 15 is 0 Å². The van der Waals surface area contributed by atoms with Gasteiger partial charge in [0.25, 0.3) is 5.91 Å². The molecule has 3 aliphatic rings. The highest BCUT2D eigenvalue weighted by Gasteiger charge is 2.40. The maximum Gasteiger partial charge on any atom is 0.324 e. The van der Waals surface area contributed by atoms with Crippen molar-refractivity contribution in [2.24, 2.45) is 27.2 Å². The molecule has 6 bridgehead atoms. The number of rotatable bonds is 12. The van der Waals surface area contributed by atoms with Crippen LogP contribution in [0.2, 0.25) is 0 Å². The molecule has 3 aromatic carbocycles. The molecule has 15 nitrogen and oxygen atoms in total. The maximum atomic E-state index is 14.8. The number of likely N-dealkylation sites (N-methyl/N-ethyl adjacent to an activating group) is 1. The zero-order valence-electron chi connectivity index (χ0n) is 42.4. The number of methoxy groups -OCH3 is 2. The first-order chi connectivity index (χ1) is 34.2. The van der Waals surface area contributed by atoms with Gasteiger partial charge in [-0.05, 0) is 122 Å². The number of nitrogens with one attached hydrogen (secondary N) is 2. The largest absolute Gasteiger partial charge is 0.497 e. The van der Waals surface area contributed by atoms with Gasteiger partial charge >= 0.3 is 5.97 Å². The summed E-state index contributed by atoms with van der Waals surface area (Å²) in [5.74, 6) is -1.29. The van der Waals surface area contributed by atoms with Crippen LogP contribution in [0.5, 0.6) is 5.75 Å². The Kier molecular flexibility index (Phi) is 15.8. The molecule has 3 amide bonds. The van der Waals surface area contributed by atoms with E-state index in [1.807, 2.05) is 62.5 Å². The Morgan fingerprint density at radius 3 is 2.56 bits per heavy atom. The van der Waals surface area contributed by atoms with Gasteiger partial charge in [0.15, 0.2) is 0 Å². The highest BCUT2D eigenvalue weighted by atomic mass is 16.5. The predicted molar refractivity (Wildman–Crippen MR) is 274 cm³/mol. The molecule has 71 heavy (non-hydrogen) atoms. The normalized spacial score (nSPS) is 20.7. The summed E-state index contributed by atoms with van der Waals surface area (Å²) in [5, 5.41) is 5.65. The number of cyclic esters (lactones) is 1. The smallest absolute Gasteiger partial charge is 0.324 e. The summed E-state index contributed by atoms with van der Waals surface area (Å²) >= 11 is 0. The molecule has 5 aromatic rings. The van der Waals surface area contributed by atoms with Gasteiger partial charge in [0, 0.05) is 73.9 Å². The zero-order chi connectivity index (χ0) is 50.4. The molecule has 2 fully saturated rings. The molecular weight excluding hydrogens is 897 g/mol. The molecule has 0 radical (unpaired) electrons. The number of benzene rings is 3. The van der Waals surface area contributed by atoms with Crippen LogP contribution in [0.4, 0.5) is 5.69 Å². The fourth-order valence-corrected chi connectivity index (χ4v) is 10.6. The highest BCUT2D eigenvalue weighted by molar-refractivity contribution is 5.96. The summed E-state index contributed by atoms with van der Waals surface area (Å²) in [6.07, 6.45) is 7.33. The number of hydrogen-bond acceptors (Lipinski definition) is 11. The molecule has 4 heterocycles. The highest BCUT2D eigenvalue weighted by Crippen LogP contribution is 2.41. The molecule has 15 heteroatoms. The van der Waals surface area contributed by atoms with Gasteiger partial charge in [0.1, 0.15) is 23.9 Å². The lowest BCUT2D eigenvalue weighted by atomic mass is 9.84. The first-order valence-corrected chi connectivity index (χ1v) is 25.0. The quantitative estimate of drug-likeness (QED) is 0.0922. The van der Waals surface area contributed by atoms with Crippen LogP contribution in [0.1, 0.15) is 83.4 Å². The zero-order valence-corrected chi connectivity index (χ0v) is 42.4. The summed E-state index contributed by atoms with van der Waals surface area (Å²) in [5.41, 5.74) is 11.4. The van der Waals surface area contributed by atoms with Gasteiger partial charge in [0.2, 0.25) is 11.8 Å². The minimum atomic E-state index is -1.03. The number of amides is 3. The number of ether oxygens (including phenoxy) is 3. The molecule has 2 N–H and O–H groups in total. The van der Waals surface area contributed by atoms with Crippen LogP contribution in [0.15, 0.2) is 95.2 Å². The number of carbonyl (C=O) groups is 4. The summed E-state index contributed by atoms with van der Waals surface area (Å²) in [7, 11) is 4.97. The monoisotopic (exact) mass is 965 g/mol. The first-order valence-electron chi connectivity index (χ1n) is 25.0. The van der Waals surface area contributed by atoms with Crippen LogP contribution in [-0.4, -0.2) is 108 Å². The number of aliphatic imine (C=N–C) groups is 2. The second-order valence-electron chi connectivity index (χ2n) is 20.3. The van der Waals surface area contributed by atoms with Crippen molar-refractivity contribution < 1.29 is 33.4 Å². The minimum absolute atomic E-state index is 0.129. The molecule has 8 rings (SSSR count). The summed E-state index contributed by atoms with van der Waals surface area (Å²) in [4.78, 5) is 72.6. The average Bonchev–Trinajstić information content (AvgIpc) is 3.97. The van der Waals surface area contributed by atoms with E-state index in [-0.39, 0.29) is 42.7 Å². The molecule has 1 aliphatic carbocycles. The van der Waals surface area contributed by atoms with E-state index in [2.05, 4.69) is 87.4 Å². The lowest BCUT2D eigenvalue weighted by Crippen LogP contribution is -2.62. The van der Waals surface area contributed by atoms with E-state index in [4.69, 9.17) is 14.2 Å². The number of carbonyl (C=O) groups excluding carboxylic acids is 4. The first kappa shape index (κ1) is 50.7. The molecule has 374 valence electrons. The molecular formula is C56H68N8O7. The van der Waals surface area contributed by atoms with Crippen LogP contribution in [0.3, 0.4) is 0 Å². The van der Waals surface area contributed by atoms with Crippen molar-refractivity contribution in [2.45, 2.75) is 117 Å². The van der Waals surface area contributed by atoms with Crippen LogP contribution in [-0.2, 0) is 54.6 Å². The van der Waals surface area contributed by atoms with Crippen LogP contribution >= 0.6 is 0 Å². The summed E-state index contributed by atoms with van der Waals surface area (Å²) in [6.45, 7) is 11.8. The summed E-state index contributed by atoms with van der Waals surface area (Å²) in [6, 6.07) is 23.9. The van der Waals surface area contributed by atoms with Crippen molar-refractivity contribution in [3.05, 3.63) is 102 Å². The molecule has 5 atom stereocenters. The van der Waals surface area contributed by atoms with Gasteiger partial charge < -0.3 is 29.0 Å². The number of pyridine rings is 1. The van der Waals surface area contributed by atoms with Gasteiger partial charge in [-0.1, -0.05) is 58.0 Å². The van der Waals surface area contributed by atoms with Gasteiger partial charge in [-0.25, -0.2) is 10.4 Å². The van der Waals surface area contributed by atoms with E-state index in [0.717, 1.165) is 55.7 Å². The molecule has 1 saturated heterocycles. The molecule has 2 aliphatic heterocycles. The van der Waals surface area contributed by atoms with Crippen molar-refractivity contribution >= 4 is 46.3 Å². The second-order valence-corrected chi connectivity index (χ2v) is 20.3. The molecule has 0 spiro atoms. The Bertz CT molecular complexity index is 2810. The van der Waals surface area contributed by atoms with Crippen molar-refractivity contribution in [1.29, 1.82) is 0 Å². The lowest BCUT2D eigenvalue weighted by molar-refractivity contribution is -0.155. The van der Waals surface area contributed by atoms with Crippen molar-refractivity contribution in [1.82, 2.24) is 30.2 Å². The SMILES string of the molecule is CCn1c(-c2cnccc2COC)c2c3cc(ccc31)-c1cccc(c1)C[C@H](NC(=O)C(C(C)C)N(C)C(=O)[C@@H]1CC[C@@H](N=C=Nc3ccc(OC)cc3)C1)C(=O)N1CCC[C@H](N1)C(=O)OCC(C)(C)C2. The van der Waals surface area contributed by atoms with E-state index < -0.39 is 35.4 Å². The van der Waals surface area contributed by atoms with Gasteiger partial charge in [-0.3, -0.25) is 29.2 Å². The Hall–Kier alpha value is -6.67. The standard InChI is InChI=1S/C56H68N8O7/c1-9-63-49-22-16-38-29-44(49)45(51(63)46-31-57-24-23-40(46)32-69-7)30-56(4,5)33-71-55(68)47-14-11-25-64(61-47)54(67)48(27-36-12-10-13-37(38)26-36)60-52(65)50(35(2)3)62(6)53(66)39-15-17-42(28-39)59-34-58-41-18-20-43(70-8)21-19-41/h10,12-13,16,18-24,26,29,31,35,39,42,47-48,50,61H,9,11,14-15,17,25,27-28,30,32-33H2,1-8H3,(H,60,65)/t39-,42-,47+,48+,50?/m1/s1. The number of hydrogen-bond donors (Lipinski definition) is 2. The molecule has 2 aromatic heterocycles. The predicted octanol–water partition coefficient (Wildman–Crippen LogP) is 8.35. The van der Waals surface area contributed by atoms with Crippen molar-refractivity contribution in [3.8, 4) is 28.1 Å². The fraction of sp³-hybridized carbons (Fsp3) is 0.464. The topological polar surface area (TPSA) is 169 Å². The van der Waals surface area contributed by atoms with Crippen LogP contribution in [0, 0.1) is 17.3 Å². The fourth-order valence-electron chi connectivity index (χ4n) is 10.6. The molecule has 1 unspecified atom stereocenters. The average molecular weight is 965 g/mol. The van der Waals surface area contributed by atoms with Crippen LogP contribution < -0.4 is 15.5 Å². The van der Waals surface area contributed by atoms with E-state index in [1.54, 1.807) is 27.5 Å². The number of fused-ring (bicyclic) bond motifs is 6. The lowest BCUT2D eigenvalue weighted by Gasteiger charge is -2.37. The Morgan fingerprint density at radius 2 is 1.82 bits per heavy atom. The Labute approximate surface area is 417 Å². The van der Waals surface area contributed by atoms with E-state index in [0.29, 0.717) is 63.9 Å². The number of hydrazine groups is 1. The Balaban J connectivity index is 1.10. The van der Waals surface area contributed by atoms with Gasteiger partial charge in [-0.2, -0.15) is 4.99 Å². The Morgan fingerprint density at radius 1 is 1.03 bits per heavy atom. The number of aryl methyl sites for hydroxylation is 1. The maximum absolute atomic E-state index is 14.8. The van der Waals surface area contributed by atoms with Crippen LogP contribution in [0.25, 0.3) is 33.3 Å². The van der Waals surface area contributed by atoms with Crippen molar-refractivity contribution in [3.63, 3.8) is 0 Å². The number of nitrogens with zero attached hydrogens (tertiary/aromatic N) is 6. The third kappa shape index (κ3) is 11.4. The second kappa shape index (κ2) is 22.2. The third-order valence-electron chi connectivity index (χ3n) is 14.2. The van der Waals surface area contributed by atoms with E-state index in [9.17, 15) is 19.2 Å². The number of aromatic nitrogens is 2. The third-order valence-corrected chi connectivity index (χ3v) is 14.2. The summed E-state index contributed by atoms with van der Waals surface area (Å²) < 4.78 is 19.4. The van der Waals surface area contributed by atoms with Gasteiger partial charge in [0.05, 0.1) is 43.8 Å².